The number of fused-ring (bicyclic) bond motifs is 1. The lowest BCUT2D eigenvalue weighted by molar-refractivity contribution is 0.0925. The third-order valence-corrected chi connectivity index (χ3v) is 5.74. The molecule has 1 N–H and O–H groups in total. The average molecular weight is 394 g/mol. The monoisotopic (exact) mass is 393 g/mol. The SMILES string of the molecule is Cn1cccc1C(CNC(=O)c1ccc(Cl)cc1)N1CCc2ccccc2C1. The highest BCUT2D eigenvalue weighted by Crippen LogP contribution is 2.27. The number of aromatic nitrogens is 1. The number of nitrogens with zero attached hydrogens (tertiary/aromatic N) is 2. The second kappa shape index (κ2) is 8.21. The van der Waals surface area contributed by atoms with Crippen LogP contribution in [0, 0.1) is 0 Å². The van der Waals surface area contributed by atoms with Gasteiger partial charge in [-0.05, 0) is 53.9 Å². The lowest BCUT2D eigenvalue weighted by Gasteiger charge is -2.36. The molecule has 0 saturated carbocycles. The fourth-order valence-corrected chi connectivity index (χ4v) is 4.04. The van der Waals surface area contributed by atoms with E-state index < -0.39 is 0 Å². The highest BCUT2D eigenvalue weighted by molar-refractivity contribution is 6.30. The molecule has 3 aromatic rings. The van der Waals surface area contributed by atoms with Crippen LogP contribution < -0.4 is 5.32 Å². The molecule has 2 heterocycles. The molecule has 1 unspecified atom stereocenters. The molecule has 4 nitrogen and oxygen atoms in total. The summed E-state index contributed by atoms with van der Waals surface area (Å²) in [7, 11) is 2.06. The number of hydrogen-bond donors (Lipinski definition) is 1. The number of carbonyl (C=O) groups excluding carboxylic acids is 1. The van der Waals surface area contributed by atoms with Crippen molar-refractivity contribution in [2.45, 2.75) is 19.0 Å². The van der Waals surface area contributed by atoms with Crippen LogP contribution in [0.3, 0.4) is 0 Å². The molecule has 1 aliphatic rings. The summed E-state index contributed by atoms with van der Waals surface area (Å²) in [5.41, 5.74) is 4.63. The Balaban J connectivity index is 1.53. The summed E-state index contributed by atoms with van der Waals surface area (Å²) in [4.78, 5) is 15.1. The van der Waals surface area contributed by atoms with Crippen LogP contribution in [-0.4, -0.2) is 28.5 Å². The van der Waals surface area contributed by atoms with E-state index in [1.54, 1.807) is 24.3 Å². The van der Waals surface area contributed by atoms with Crippen molar-refractivity contribution in [3.8, 4) is 0 Å². The maximum Gasteiger partial charge on any atom is 0.251 e. The maximum absolute atomic E-state index is 12.6. The molecular formula is C23H24ClN3O. The topological polar surface area (TPSA) is 37.3 Å². The second-order valence-corrected chi connectivity index (χ2v) is 7.70. The number of nitrogens with one attached hydrogen (secondary N) is 1. The highest BCUT2D eigenvalue weighted by atomic mass is 35.5. The first-order valence-electron chi connectivity index (χ1n) is 9.57. The van der Waals surface area contributed by atoms with E-state index in [-0.39, 0.29) is 11.9 Å². The fourth-order valence-electron chi connectivity index (χ4n) is 3.92. The summed E-state index contributed by atoms with van der Waals surface area (Å²) in [5, 5.41) is 3.75. The normalized spacial score (nSPS) is 15.1. The zero-order valence-electron chi connectivity index (χ0n) is 15.9. The molecule has 1 atom stereocenters. The summed E-state index contributed by atoms with van der Waals surface area (Å²) >= 11 is 5.93. The van der Waals surface area contributed by atoms with E-state index in [4.69, 9.17) is 11.6 Å². The van der Waals surface area contributed by atoms with Crippen LogP contribution in [0.5, 0.6) is 0 Å². The third-order valence-electron chi connectivity index (χ3n) is 5.49. The van der Waals surface area contributed by atoms with Crippen molar-refractivity contribution in [3.05, 3.63) is 94.3 Å². The molecule has 0 bridgehead atoms. The van der Waals surface area contributed by atoms with Gasteiger partial charge in [-0.25, -0.2) is 0 Å². The molecule has 1 aromatic heterocycles. The first-order valence-corrected chi connectivity index (χ1v) is 9.95. The van der Waals surface area contributed by atoms with Crippen LogP contribution in [0.2, 0.25) is 5.02 Å². The van der Waals surface area contributed by atoms with Gasteiger partial charge < -0.3 is 9.88 Å². The van der Waals surface area contributed by atoms with Gasteiger partial charge in [0.25, 0.3) is 5.91 Å². The Morgan fingerprint density at radius 1 is 1.07 bits per heavy atom. The van der Waals surface area contributed by atoms with Crippen molar-refractivity contribution in [1.82, 2.24) is 14.8 Å². The largest absolute Gasteiger partial charge is 0.353 e. The van der Waals surface area contributed by atoms with Crippen LogP contribution in [0.15, 0.2) is 66.9 Å². The minimum absolute atomic E-state index is 0.0757. The summed E-state index contributed by atoms with van der Waals surface area (Å²) < 4.78 is 2.14. The first kappa shape index (κ1) is 18.8. The van der Waals surface area contributed by atoms with Crippen LogP contribution in [0.4, 0.5) is 0 Å². The summed E-state index contributed by atoms with van der Waals surface area (Å²) in [6, 6.07) is 19.9. The minimum Gasteiger partial charge on any atom is -0.353 e. The zero-order valence-corrected chi connectivity index (χ0v) is 16.7. The van der Waals surface area contributed by atoms with Crippen molar-refractivity contribution in [2.75, 3.05) is 13.1 Å². The van der Waals surface area contributed by atoms with Gasteiger partial charge in [0.05, 0.1) is 6.04 Å². The molecule has 0 aliphatic carbocycles. The van der Waals surface area contributed by atoms with E-state index in [2.05, 4.69) is 64.4 Å². The predicted molar refractivity (Wildman–Crippen MR) is 112 cm³/mol. The Hall–Kier alpha value is -2.56. The zero-order chi connectivity index (χ0) is 19.5. The van der Waals surface area contributed by atoms with Crippen molar-refractivity contribution >= 4 is 17.5 Å². The van der Waals surface area contributed by atoms with Crippen molar-refractivity contribution in [1.29, 1.82) is 0 Å². The molecule has 0 saturated heterocycles. The molecule has 0 fully saturated rings. The molecule has 5 heteroatoms. The third kappa shape index (κ3) is 3.98. The first-order chi connectivity index (χ1) is 13.6. The van der Waals surface area contributed by atoms with E-state index in [0.29, 0.717) is 17.1 Å². The van der Waals surface area contributed by atoms with Crippen LogP contribution in [0.1, 0.15) is 33.2 Å². The van der Waals surface area contributed by atoms with E-state index in [0.717, 1.165) is 19.5 Å². The van der Waals surface area contributed by atoms with Gasteiger partial charge in [0.2, 0.25) is 0 Å². The van der Waals surface area contributed by atoms with Crippen LogP contribution in [0.25, 0.3) is 0 Å². The number of aryl methyl sites for hydroxylation is 1. The molecule has 0 spiro atoms. The van der Waals surface area contributed by atoms with E-state index in [9.17, 15) is 4.79 Å². The number of hydrogen-bond acceptors (Lipinski definition) is 2. The quantitative estimate of drug-likeness (QED) is 0.705. The average Bonchev–Trinajstić information content (AvgIpc) is 3.14. The minimum atomic E-state index is -0.0757. The number of rotatable bonds is 5. The summed E-state index contributed by atoms with van der Waals surface area (Å²) in [5.74, 6) is -0.0757. The van der Waals surface area contributed by atoms with Gasteiger partial charge >= 0.3 is 0 Å². The van der Waals surface area contributed by atoms with E-state index in [1.807, 2.05) is 0 Å². The van der Waals surface area contributed by atoms with Crippen LogP contribution >= 0.6 is 11.6 Å². The molecule has 28 heavy (non-hydrogen) atoms. The predicted octanol–water partition coefficient (Wildman–Crippen LogP) is 4.21. The number of amides is 1. The van der Waals surface area contributed by atoms with Gasteiger partial charge in [0.15, 0.2) is 0 Å². The highest BCUT2D eigenvalue weighted by Gasteiger charge is 2.26. The lowest BCUT2D eigenvalue weighted by atomic mass is 9.97. The van der Waals surface area contributed by atoms with Crippen LogP contribution in [-0.2, 0) is 20.0 Å². The Bertz CT molecular complexity index is 964. The summed E-state index contributed by atoms with van der Waals surface area (Å²) in [6.07, 6.45) is 3.09. The Morgan fingerprint density at radius 3 is 2.54 bits per heavy atom. The maximum atomic E-state index is 12.6. The Labute approximate surface area is 170 Å². The molecule has 1 amide bonds. The molecule has 1 aliphatic heterocycles. The van der Waals surface area contributed by atoms with Gasteiger partial charge in [-0.2, -0.15) is 0 Å². The molecule has 0 radical (unpaired) electrons. The van der Waals surface area contributed by atoms with E-state index in [1.165, 1.54) is 16.8 Å². The molecule has 144 valence electrons. The van der Waals surface area contributed by atoms with Crippen molar-refractivity contribution < 1.29 is 4.79 Å². The van der Waals surface area contributed by atoms with Gasteiger partial charge in [-0.1, -0.05) is 35.9 Å². The smallest absolute Gasteiger partial charge is 0.251 e. The molecule has 2 aromatic carbocycles. The van der Waals surface area contributed by atoms with Gasteiger partial charge in [0, 0.05) is 49.2 Å². The lowest BCUT2D eigenvalue weighted by Crippen LogP contribution is -2.41. The molecule has 4 rings (SSSR count). The van der Waals surface area contributed by atoms with Crippen molar-refractivity contribution in [2.24, 2.45) is 7.05 Å². The fraction of sp³-hybridized carbons (Fsp3) is 0.261. The second-order valence-electron chi connectivity index (χ2n) is 7.27. The summed E-state index contributed by atoms with van der Waals surface area (Å²) in [6.45, 7) is 2.42. The standard InChI is InChI=1S/C23H24ClN3O/c1-26-13-4-7-21(26)22(15-25-23(28)18-8-10-20(24)11-9-18)27-14-12-17-5-2-3-6-19(17)16-27/h2-11,13,22H,12,14-16H2,1H3,(H,25,28). The van der Waals surface area contributed by atoms with E-state index >= 15 is 0 Å². The number of halogens is 1. The van der Waals surface area contributed by atoms with Gasteiger partial charge in [-0.3, -0.25) is 9.69 Å². The Kier molecular flexibility index (Phi) is 5.51. The van der Waals surface area contributed by atoms with Crippen molar-refractivity contribution in [3.63, 3.8) is 0 Å². The van der Waals surface area contributed by atoms with Gasteiger partial charge in [-0.15, -0.1) is 0 Å². The molecular weight excluding hydrogens is 370 g/mol. The number of benzene rings is 2. The van der Waals surface area contributed by atoms with Gasteiger partial charge in [0.1, 0.15) is 0 Å². The number of carbonyl (C=O) groups is 1. The Morgan fingerprint density at radius 2 is 1.82 bits per heavy atom.